The zero-order valence-corrected chi connectivity index (χ0v) is 25.7. The maximum atomic E-state index is 12.9. The van der Waals surface area contributed by atoms with Crippen LogP contribution in [0.3, 0.4) is 0 Å². The van der Waals surface area contributed by atoms with Crippen LogP contribution in [0.1, 0.15) is 72.6 Å². The summed E-state index contributed by atoms with van der Waals surface area (Å²) in [5, 5.41) is 5.83. The fourth-order valence-corrected chi connectivity index (χ4v) is 4.99. The third-order valence-electron chi connectivity index (χ3n) is 7.12. The average molecular weight is 567 g/mol. The maximum Gasteiger partial charge on any atom is 0.410 e. The van der Waals surface area contributed by atoms with Crippen LogP contribution >= 0.6 is 0 Å². The maximum absolute atomic E-state index is 12.9. The van der Waals surface area contributed by atoms with Crippen LogP contribution in [-0.2, 0) is 22.4 Å². The highest BCUT2D eigenvalue weighted by Crippen LogP contribution is 2.32. The van der Waals surface area contributed by atoms with E-state index in [4.69, 9.17) is 19.4 Å². The second kappa shape index (κ2) is 12.6. The molecule has 1 fully saturated rings. The van der Waals surface area contributed by atoms with Crippen molar-refractivity contribution in [3.8, 4) is 11.4 Å². The van der Waals surface area contributed by atoms with E-state index in [0.29, 0.717) is 57.3 Å². The summed E-state index contributed by atoms with van der Waals surface area (Å²) < 4.78 is 11.3. The summed E-state index contributed by atoms with van der Waals surface area (Å²) in [5.74, 6) is 1.47. The average Bonchev–Trinajstić information content (AvgIpc) is 2.89. The van der Waals surface area contributed by atoms with Crippen LogP contribution in [-0.4, -0.2) is 71.5 Å². The van der Waals surface area contributed by atoms with Crippen molar-refractivity contribution in [3.05, 3.63) is 35.5 Å². The Kier molecular flexibility index (Phi) is 9.41. The predicted octanol–water partition coefficient (Wildman–Crippen LogP) is 5.61. The molecule has 10 heteroatoms. The highest BCUT2D eigenvalue weighted by Gasteiger charge is 2.32. The number of carbonyl (C=O) groups is 2. The second-order valence-corrected chi connectivity index (χ2v) is 13.2. The van der Waals surface area contributed by atoms with Crippen molar-refractivity contribution in [1.29, 1.82) is 0 Å². The normalized spacial score (nSPS) is 17.6. The fourth-order valence-electron chi connectivity index (χ4n) is 4.99. The third kappa shape index (κ3) is 8.55. The van der Waals surface area contributed by atoms with Gasteiger partial charge in [0, 0.05) is 42.9 Å². The molecule has 0 bridgehead atoms. The van der Waals surface area contributed by atoms with E-state index in [9.17, 15) is 9.59 Å². The molecular weight excluding hydrogens is 520 g/mol. The molecule has 224 valence electrons. The Morgan fingerprint density at radius 3 is 2.46 bits per heavy atom. The van der Waals surface area contributed by atoms with E-state index < -0.39 is 5.60 Å². The van der Waals surface area contributed by atoms with E-state index >= 15 is 0 Å². The van der Waals surface area contributed by atoms with Crippen LogP contribution in [0.2, 0.25) is 0 Å². The molecule has 3 heterocycles. The lowest BCUT2D eigenvalue weighted by molar-refractivity contribution is 0.0222. The molecule has 1 saturated heterocycles. The van der Waals surface area contributed by atoms with Crippen molar-refractivity contribution in [2.24, 2.45) is 5.41 Å². The van der Waals surface area contributed by atoms with E-state index in [1.165, 1.54) is 0 Å². The molecule has 1 aromatic heterocycles. The Morgan fingerprint density at radius 2 is 1.80 bits per heavy atom. The van der Waals surface area contributed by atoms with Gasteiger partial charge in [0.15, 0.2) is 5.82 Å². The Morgan fingerprint density at radius 1 is 1.07 bits per heavy atom. The summed E-state index contributed by atoms with van der Waals surface area (Å²) in [5.41, 5.74) is 3.16. The van der Waals surface area contributed by atoms with E-state index in [1.807, 2.05) is 45.0 Å². The van der Waals surface area contributed by atoms with Gasteiger partial charge >= 0.3 is 12.1 Å². The number of nitrogens with zero attached hydrogens (tertiary/aromatic N) is 4. The molecule has 2 aromatic rings. The SMILES string of the molecule is CC1COCCN1c1nc(-c2ccc(NC(=O)NCCCC(C)(C)C)cc2)nc2c1CN(C(=O)OC(C)(C)C)CC2. The molecule has 10 nitrogen and oxygen atoms in total. The fraction of sp³-hybridized carbons (Fsp3) is 0.613. The summed E-state index contributed by atoms with van der Waals surface area (Å²) in [7, 11) is 0. The minimum atomic E-state index is -0.562. The topological polar surface area (TPSA) is 109 Å². The summed E-state index contributed by atoms with van der Waals surface area (Å²) in [6.07, 6.45) is 2.28. The molecule has 2 aliphatic heterocycles. The zero-order chi connectivity index (χ0) is 29.8. The second-order valence-electron chi connectivity index (χ2n) is 13.2. The Balaban J connectivity index is 1.52. The molecule has 1 unspecified atom stereocenters. The quantitative estimate of drug-likeness (QED) is 0.438. The Hall–Kier alpha value is -3.40. The molecule has 1 aromatic carbocycles. The van der Waals surface area contributed by atoms with Gasteiger partial charge in [0.1, 0.15) is 11.4 Å². The van der Waals surface area contributed by atoms with E-state index in [-0.39, 0.29) is 23.6 Å². The molecule has 41 heavy (non-hydrogen) atoms. The number of morpholine rings is 1. The molecule has 0 saturated carbocycles. The van der Waals surface area contributed by atoms with Gasteiger partial charge in [0.05, 0.1) is 31.5 Å². The molecule has 1 atom stereocenters. The number of carbonyl (C=O) groups excluding carboxylic acids is 2. The first-order valence-electron chi connectivity index (χ1n) is 14.7. The number of hydrogen-bond acceptors (Lipinski definition) is 7. The molecule has 0 spiro atoms. The van der Waals surface area contributed by atoms with Crippen LogP contribution in [0.4, 0.5) is 21.1 Å². The molecule has 4 rings (SSSR count). The van der Waals surface area contributed by atoms with Crippen LogP contribution < -0.4 is 15.5 Å². The van der Waals surface area contributed by atoms with Crippen molar-refractivity contribution in [2.75, 3.05) is 43.1 Å². The predicted molar refractivity (Wildman–Crippen MR) is 161 cm³/mol. The molecule has 0 aliphatic carbocycles. The summed E-state index contributed by atoms with van der Waals surface area (Å²) in [4.78, 5) is 39.2. The van der Waals surface area contributed by atoms with Crippen LogP contribution in [0.5, 0.6) is 0 Å². The Bertz CT molecular complexity index is 1220. The van der Waals surface area contributed by atoms with Crippen molar-refractivity contribution < 1.29 is 19.1 Å². The lowest BCUT2D eigenvalue weighted by atomic mass is 9.91. The minimum Gasteiger partial charge on any atom is -0.444 e. The number of benzene rings is 1. The number of nitrogens with one attached hydrogen (secondary N) is 2. The smallest absolute Gasteiger partial charge is 0.410 e. The first kappa shape index (κ1) is 30.6. The van der Waals surface area contributed by atoms with Gasteiger partial charge in [0.2, 0.25) is 0 Å². The van der Waals surface area contributed by atoms with Gasteiger partial charge in [0.25, 0.3) is 0 Å². The number of anilines is 2. The lowest BCUT2D eigenvalue weighted by Crippen LogP contribution is -2.46. The number of hydrogen-bond donors (Lipinski definition) is 2. The van der Waals surface area contributed by atoms with E-state index in [1.54, 1.807) is 4.90 Å². The number of ether oxygens (including phenoxy) is 2. The number of aromatic nitrogens is 2. The third-order valence-corrected chi connectivity index (χ3v) is 7.12. The lowest BCUT2D eigenvalue weighted by Gasteiger charge is -2.38. The van der Waals surface area contributed by atoms with Gasteiger partial charge < -0.3 is 29.9 Å². The summed E-state index contributed by atoms with van der Waals surface area (Å²) in [6, 6.07) is 7.52. The van der Waals surface area contributed by atoms with Crippen LogP contribution in [0.15, 0.2) is 24.3 Å². The molecule has 2 aliphatic rings. The standard InChI is InChI=1S/C31H46N6O4/c1-21-20-40-18-17-37(21)27-24-19-36(29(39)41-31(5,6)7)16-13-25(24)34-26(35-27)22-9-11-23(12-10-22)33-28(38)32-15-8-14-30(2,3)4/h9-12,21H,8,13-20H2,1-7H3,(H2,32,33,38). The van der Waals surface area contributed by atoms with E-state index in [2.05, 4.69) is 43.2 Å². The summed E-state index contributed by atoms with van der Waals surface area (Å²) >= 11 is 0. The first-order valence-corrected chi connectivity index (χ1v) is 14.7. The van der Waals surface area contributed by atoms with Gasteiger partial charge in [-0.2, -0.15) is 0 Å². The summed E-state index contributed by atoms with van der Waals surface area (Å²) in [6.45, 7) is 17.9. The van der Waals surface area contributed by atoms with Gasteiger partial charge in [-0.1, -0.05) is 20.8 Å². The monoisotopic (exact) mass is 566 g/mol. The van der Waals surface area contributed by atoms with Gasteiger partial charge in [-0.05, 0) is 70.2 Å². The van der Waals surface area contributed by atoms with Crippen molar-refractivity contribution in [3.63, 3.8) is 0 Å². The van der Waals surface area contributed by atoms with Gasteiger partial charge in [-0.15, -0.1) is 0 Å². The zero-order valence-electron chi connectivity index (χ0n) is 25.7. The van der Waals surface area contributed by atoms with Crippen molar-refractivity contribution in [2.45, 2.75) is 85.9 Å². The van der Waals surface area contributed by atoms with Gasteiger partial charge in [-0.3, -0.25) is 0 Å². The minimum absolute atomic E-state index is 0.140. The molecular formula is C31H46N6O4. The highest BCUT2D eigenvalue weighted by molar-refractivity contribution is 5.89. The van der Waals surface area contributed by atoms with Crippen molar-refractivity contribution in [1.82, 2.24) is 20.2 Å². The number of urea groups is 1. The van der Waals surface area contributed by atoms with Crippen LogP contribution in [0, 0.1) is 5.41 Å². The number of amides is 3. The highest BCUT2D eigenvalue weighted by atomic mass is 16.6. The Labute approximate surface area is 244 Å². The van der Waals surface area contributed by atoms with Crippen molar-refractivity contribution >= 4 is 23.6 Å². The largest absolute Gasteiger partial charge is 0.444 e. The molecule has 3 amide bonds. The molecule has 0 radical (unpaired) electrons. The van der Waals surface area contributed by atoms with Crippen LogP contribution in [0.25, 0.3) is 11.4 Å². The molecule has 2 N–H and O–H groups in total. The van der Waals surface area contributed by atoms with E-state index in [0.717, 1.165) is 35.5 Å². The first-order chi connectivity index (χ1) is 19.3. The van der Waals surface area contributed by atoms with Gasteiger partial charge in [-0.25, -0.2) is 19.6 Å². The number of rotatable bonds is 6. The number of fused-ring (bicyclic) bond motifs is 1.